The third-order valence-electron chi connectivity index (χ3n) is 4.83. The van der Waals surface area contributed by atoms with Crippen molar-refractivity contribution in [2.24, 2.45) is 0 Å². The number of para-hydroxylation sites is 1. The molecular formula is C23H20FN5O3S. The summed E-state index contributed by atoms with van der Waals surface area (Å²) >= 11 is 0. The van der Waals surface area contributed by atoms with Crippen LogP contribution in [0.4, 0.5) is 26.2 Å². The first-order valence-electron chi connectivity index (χ1n) is 9.85. The lowest BCUT2D eigenvalue weighted by Gasteiger charge is -2.17. The van der Waals surface area contributed by atoms with Crippen LogP contribution in [0, 0.1) is 5.82 Å². The zero-order valence-corrected chi connectivity index (χ0v) is 18.3. The molecule has 33 heavy (non-hydrogen) atoms. The van der Waals surface area contributed by atoms with Crippen LogP contribution in [0.3, 0.4) is 0 Å². The Hall–Kier alpha value is -4.18. The van der Waals surface area contributed by atoms with E-state index in [-0.39, 0.29) is 10.7 Å². The van der Waals surface area contributed by atoms with Gasteiger partial charge in [-0.15, -0.1) is 0 Å². The largest absolute Gasteiger partial charge is 0.323 e. The number of halogens is 1. The maximum absolute atomic E-state index is 13.1. The van der Waals surface area contributed by atoms with Crippen molar-refractivity contribution in [1.29, 1.82) is 0 Å². The first-order chi connectivity index (χ1) is 15.8. The molecule has 0 saturated carbocycles. The zero-order valence-electron chi connectivity index (χ0n) is 17.5. The van der Waals surface area contributed by atoms with Crippen LogP contribution >= 0.6 is 0 Å². The Bertz CT molecular complexity index is 1360. The number of carbonyl (C=O) groups excluding carboxylic acids is 1. The van der Waals surface area contributed by atoms with Gasteiger partial charge in [-0.25, -0.2) is 22.3 Å². The maximum Gasteiger partial charge on any atom is 0.323 e. The van der Waals surface area contributed by atoms with E-state index < -0.39 is 16.1 Å². The molecule has 8 nitrogen and oxygen atoms in total. The van der Waals surface area contributed by atoms with E-state index in [1.165, 1.54) is 60.5 Å². The normalized spacial score (nSPS) is 11.1. The van der Waals surface area contributed by atoms with Gasteiger partial charge < -0.3 is 10.6 Å². The van der Waals surface area contributed by atoms with Crippen molar-refractivity contribution < 1.29 is 17.6 Å². The minimum Gasteiger partial charge on any atom is -0.308 e. The number of aromatic nitrogens is 2. The summed E-state index contributed by atoms with van der Waals surface area (Å²) < 4.78 is 41.8. The molecule has 4 aromatic rings. The van der Waals surface area contributed by atoms with Gasteiger partial charge in [-0.3, -0.25) is 4.31 Å². The monoisotopic (exact) mass is 465 g/mol. The smallest absolute Gasteiger partial charge is 0.308 e. The number of hydrogen-bond donors (Lipinski definition) is 2. The minimum atomic E-state index is -3.87. The average Bonchev–Trinajstić information content (AvgIpc) is 3.30. The highest BCUT2D eigenvalue weighted by Crippen LogP contribution is 2.24. The van der Waals surface area contributed by atoms with Gasteiger partial charge in [-0.05, 0) is 60.7 Å². The molecule has 0 bridgehead atoms. The Morgan fingerprint density at radius 3 is 2.15 bits per heavy atom. The number of hydrogen-bond acceptors (Lipinski definition) is 4. The number of benzene rings is 3. The first-order valence-corrected chi connectivity index (χ1v) is 11.3. The summed E-state index contributed by atoms with van der Waals surface area (Å²) in [5, 5.41) is 9.50. The second-order valence-electron chi connectivity index (χ2n) is 7.06. The van der Waals surface area contributed by atoms with Crippen molar-refractivity contribution in [3.63, 3.8) is 0 Å². The highest BCUT2D eigenvalue weighted by atomic mass is 32.2. The lowest BCUT2D eigenvalue weighted by atomic mass is 10.3. The van der Waals surface area contributed by atoms with E-state index in [1.54, 1.807) is 36.4 Å². The number of anilines is 3. The van der Waals surface area contributed by atoms with Gasteiger partial charge in [0.25, 0.3) is 10.0 Å². The number of urea groups is 1. The summed E-state index contributed by atoms with van der Waals surface area (Å²) in [6.45, 7) is 0. The summed E-state index contributed by atoms with van der Waals surface area (Å²) in [4.78, 5) is 12.2. The van der Waals surface area contributed by atoms with Gasteiger partial charge in [0.15, 0.2) is 0 Å². The molecule has 168 valence electrons. The quantitative estimate of drug-likeness (QED) is 0.439. The van der Waals surface area contributed by atoms with Crippen molar-refractivity contribution in [1.82, 2.24) is 9.78 Å². The number of carbonyl (C=O) groups is 1. The third-order valence-corrected chi connectivity index (χ3v) is 6.63. The van der Waals surface area contributed by atoms with Crippen molar-refractivity contribution in [2.75, 3.05) is 22.0 Å². The summed E-state index contributed by atoms with van der Waals surface area (Å²) in [6, 6.07) is 20.0. The Morgan fingerprint density at radius 1 is 0.909 bits per heavy atom. The summed E-state index contributed by atoms with van der Waals surface area (Å²) in [7, 11) is -2.45. The standard InChI is InChI=1S/C23H20FN5O3S/c1-28(21-15-25-29(16-21)20-11-7-17(24)8-12-20)33(31,32)22-13-9-19(10-14-22)27-23(30)26-18-5-3-2-4-6-18/h2-16H,1H3,(H2,26,27,30). The fraction of sp³-hybridized carbons (Fsp3) is 0.0435. The molecule has 2 N–H and O–H groups in total. The van der Waals surface area contributed by atoms with Crippen LogP contribution in [0.15, 0.2) is 96.2 Å². The Morgan fingerprint density at radius 2 is 1.52 bits per heavy atom. The fourth-order valence-corrected chi connectivity index (χ4v) is 4.20. The molecule has 0 saturated heterocycles. The minimum absolute atomic E-state index is 0.0496. The van der Waals surface area contributed by atoms with Gasteiger partial charge in [0.1, 0.15) is 5.82 Å². The van der Waals surface area contributed by atoms with Crippen molar-refractivity contribution in [2.45, 2.75) is 4.90 Å². The molecule has 0 aliphatic heterocycles. The molecule has 3 aromatic carbocycles. The van der Waals surface area contributed by atoms with Crippen LogP contribution in [0.2, 0.25) is 0 Å². The second kappa shape index (κ2) is 9.13. The summed E-state index contributed by atoms with van der Waals surface area (Å²) in [6.07, 6.45) is 2.94. The van der Waals surface area contributed by atoms with Crippen LogP contribution in [-0.2, 0) is 10.0 Å². The number of sulfonamides is 1. The molecule has 4 rings (SSSR count). The van der Waals surface area contributed by atoms with Gasteiger partial charge in [0.2, 0.25) is 0 Å². The molecular weight excluding hydrogens is 445 g/mol. The summed E-state index contributed by atoms with van der Waals surface area (Å²) in [5.41, 5.74) is 2.01. The first kappa shape index (κ1) is 22.0. The van der Waals surface area contributed by atoms with Gasteiger partial charge >= 0.3 is 6.03 Å². The fourth-order valence-electron chi connectivity index (χ4n) is 3.03. The number of nitrogens with zero attached hydrogens (tertiary/aromatic N) is 3. The van der Waals surface area contributed by atoms with Gasteiger partial charge in [0, 0.05) is 18.4 Å². The highest BCUT2D eigenvalue weighted by molar-refractivity contribution is 7.92. The molecule has 2 amide bonds. The molecule has 0 spiro atoms. The predicted molar refractivity (Wildman–Crippen MR) is 125 cm³/mol. The number of rotatable bonds is 6. The Balaban J connectivity index is 1.46. The van der Waals surface area contributed by atoms with E-state index in [1.807, 2.05) is 6.07 Å². The van der Waals surface area contributed by atoms with E-state index in [2.05, 4.69) is 15.7 Å². The molecule has 1 aromatic heterocycles. The number of amides is 2. The topological polar surface area (TPSA) is 96.3 Å². The van der Waals surface area contributed by atoms with E-state index >= 15 is 0 Å². The lowest BCUT2D eigenvalue weighted by Crippen LogP contribution is -2.26. The van der Waals surface area contributed by atoms with Crippen molar-refractivity contribution in [3.8, 4) is 5.69 Å². The van der Waals surface area contributed by atoms with Crippen LogP contribution in [0.1, 0.15) is 0 Å². The third kappa shape index (κ3) is 5.01. The van der Waals surface area contributed by atoms with Gasteiger partial charge in [-0.2, -0.15) is 5.10 Å². The second-order valence-corrected chi connectivity index (χ2v) is 9.03. The molecule has 0 atom stereocenters. The van der Waals surface area contributed by atoms with Crippen LogP contribution in [0.5, 0.6) is 0 Å². The molecule has 0 fully saturated rings. The SMILES string of the molecule is CN(c1cnn(-c2ccc(F)cc2)c1)S(=O)(=O)c1ccc(NC(=O)Nc2ccccc2)cc1. The average molecular weight is 466 g/mol. The number of nitrogens with one attached hydrogen (secondary N) is 2. The Kier molecular flexibility index (Phi) is 6.09. The van der Waals surface area contributed by atoms with Crippen molar-refractivity contribution in [3.05, 3.63) is 97.1 Å². The van der Waals surface area contributed by atoms with Gasteiger partial charge in [-0.1, -0.05) is 18.2 Å². The maximum atomic E-state index is 13.1. The molecule has 0 radical (unpaired) electrons. The zero-order chi connectivity index (χ0) is 23.4. The van der Waals surface area contributed by atoms with E-state index in [4.69, 9.17) is 0 Å². The predicted octanol–water partition coefficient (Wildman–Crippen LogP) is 4.48. The molecule has 1 heterocycles. The van der Waals surface area contributed by atoms with Crippen LogP contribution < -0.4 is 14.9 Å². The van der Waals surface area contributed by atoms with Crippen LogP contribution in [0.25, 0.3) is 5.69 Å². The Labute approximate surface area is 190 Å². The molecule has 10 heteroatoms. The van der Waals surface area contributed by atoms with E-state index in [9.17, 15) is 17.6 Å². The highest BCUT2D eigenvalue weighted by Gasteiger charge is 2.22. The molecule has 0 unspecified atom stereocenters. The van der Waals surface area contributed by atoms with E-state index in [0.717, 1.165) is 4.31 Å². The molecule has 0 aliphatic rings. The van der Waals surface area contributed by atoms with Gasteiger partial charge in [0.05, 0.1) is 28.7 Å². The van der Waals surface area contributed by atoms with Crippen LogP contribution in [-0.4, -0.2) is 31.3 Å². The van der Waals surface area contributed by atoms with E-state index in [0.29, 0.717) is 22.7 Å². The molecule has 0 aliphatic carbocycles. The lowest BCUT2D eigenvalue weighted by molar-refractivity contribution is 0.262. The summed E-state index contributed by atoms with van der Waals surface area (Å²) in [5.74, 6) is -0.374. The van der Waals surface area contributed by atoms with Crippen molar-refractivity contribution >= 4 is 33.1 Å².